The van der Waals surface area contributed by atoms with Gasteiger partial charge in [-0.1, -0.05) is 29.4 Å². The zero-order chi connectivity index (χ0) is 20.2. The molecule has 1 amide bonds. The van der Waals surface area contributed by atoms with Crippen molar-refractivity contribution in [3.63, 3.8) is 0 Å². The molecule has 1 N–H and O–H groups in total. The molecule has 1 aliphatic carbocycles. The van der Waals surface area contributed by atoms with Gasteiger partial charge in [-0.05, 0) is 49.6 Å². The summed E-state index contributed by atoms with van der Waals surface area (Å²) in [4.78, 5) is 23.3. The number of esters is 1. The van der Waals surface area contributed by atoms with Gasteiger partial charge in [0.05, 0.1) is 13.0 Å². The second kappa shape index (κ2) is 8.31. The Morgan fingerprint density at radius 2 is 1.86 bits per heavy atom. The van der Waals surface area contributed by atoms with Gasteiger partial charge in [0.2, 0.25) is 5.91 Å². The van der Waals surface area contributed by atoms with Crippen LogP contribution in [0.5, 0.6) is 0 Å². The van der Waals surface area contributed by atoms with Crippen LogP contribution in [0.25, 0.3) is 22.6 Å². The fraction of sp³-hybridized carbons (Fsp3) is 0.261. The monoisotopic (exact) mass is 390 g/mol. The Labute approximate surface area is 168 Å². The molecule has 4 rings (SSSR count). The van der Waals surface area contributed by atoms with E-state index < -0.39 is 0 Å². The van der Waals surface area contributed by atoms with Crippen LogP contribution < -0.4 is 5.32 Å². The van der Waals surface area contributed by atoms with Gasteiger partial charge in [0, 0.05) is 28.8 Å². The Morgan fingerprint density at radius 3 is 2.66 bits per heavy atom. The van der Waals surface area contributed by atoms with Crippen molar-refractivity contribution in [1.82, 2.24) is 5.16 Å². The Morgan fingerprint density at radius 1 is 1.07 bits per heavy atom. The van der Waals surface area contributed by atoms with Crippen molar-refractivity contribution in [3.05, 3.63) is 59.7 Å². The number of benzene rings is 2. The molecule has 0 atom stereocenters. The molecule has 0 fully saturated rings. The van der Waals surface area contributed by atoms with Crippen molar-refractivity contribution < 1.29 is 18.8 Å². The molecule has 29 heavy (non-hydrogen) atoms. The smallest absolute Gasteiger partial charge is 0.306 e. The topological polar surface area (TPSA) is 81.4 Å². The number of hydrogen-bond acceptors (Lipinski definition) is 5. The van der Waals surface area contributed by atoms with E-state index in [2.05, 4.69) is 22.6 Å². The normalized spacial score (nSPS) is 12.0. The van der Waals surface area contributed by atoms with Gasteiger partial charge in [0.1, 0.15) is 5.69 Å². The van der Waals surface area contributed by atoms with Crippen LogP contribution in [-0.2, 0) is 27.2 Å². The van der Waals surface area contributed by atoms with E-state index in [9.17, 15) is 9.59 Å². The molecule has 1 aliphatic rings. The van der Waals surface area contributed by atoms with Gasteiger partial charge in [-0.2, -0.15) is 0 Å². The van der Waals surface area contributed by atoms with E-state index in [0.717, 1.165) is 41.0 Å². The highest BCUT2D eigenvalue weighted by Crippen LogP contribution is 2.38. The lowest BCUT2D eigenvalue weighted by Gasteiger charge is -2.14. The Balaban J connectivity index is 1.45. The number of carbonyl (C=O) groups excluding carboxylic acids is 2. The van der Waals surface area contributed by atoms with Crippen LogP contribution in [0.2, 0.25) is 0 Å². The van der Waals surface area contributed by atoms with E-state index >= 15 is 0 Å². The highest BCUT2D eigenvalue weighted by atomic mass is 16.5. The highest BCUT2D eigenvalue weighted by molar-refractivity contribution is 5.92. The first-order valence-corrected chi connectivity index (χ1v) is 9.78. The highest BCUT2D eigenvalue weighted by Gasteiger charge is 2.24. The molecular weight excluding hydrogens is 368 g/mol. The maximum Gasteiger partial charge on any atom is 0.306 e. The van der Waals surface area contributed by atoms with Crippen LogP contribution in [0.1, 0.15) is 30.9 Å². The van der Waals surface area contributed by atoms with Crippen molar-refractivity contribution in [1.29, 1.82) is 0 Å². The van der Waals surface area contributed by atoms with Crippen molar-refractivity contribution >= 4 is 17.6 Å². The van der Waals surface area contributed by atoms with E-state index in [0.29, 0.717) is 12.3 Å². The maximum atomic E-state index is 12.0. The molecule has 0 aliphatic heterocycles. The molecule has 1 aromatic heterocycles. The molecule has 0 radical (unpaired) electrons. The summed E-state index contributed by atoms with van der Waals surface area (Å²) < 4.78 is 10.5. The molecule has 0 unspecified atom stereocenters. The summed E-state index contributed by atoms with van der Waals surface area (Å²) >= 11 is 0. The van der Waals surface area contributed by atoms with Crippen molar-refractivity contribution in [2.75, 3.05) is 11.9 Å². The number of ether oxygens (including phenoxy) is 1. The van der Waals surface area contributed by atoms with E-state index in [1.54, 1.807) is 6.92 Å². The average molecular weight is 390 g/mol. The fourth-order valence-electron chi connectivity index (χ4n) is 3.59. The Kier molecular flexibility index (Phi) is 5.42. The summed E-state index contributed by atoms with van der Waals surface area (Å²) in [5, 5.41) is 7.11. The summed E-state index contributed by atoms with van der Waals surface area (Å²) in [5.74, 6) is 0.184. The number of amides is 1. The van der Waals surface area contributed by atoms with Gasteiger partial charge >= 0.3 is 5.97 Å². The van der Waals surface area contributed by atoms with E-state index in [-0.39, 0.29) is 24.7 Å². The van der Waals surface area contributed by atoms with Crippen molar-refractivity contribution in [2.45, 2.75) is 32.6 Å². The Bertz CT molecular complexity index is 1040. The van der Waals surface area contributed by atoms with E-state index in [4.69, 9.17) is 9.26 Å². The molecule has 148 valence electrons. The SMILES string of the molecule is CCOC(=O)CCC(=O)Nc1ccc(-c2onc3c2CCc2ccccc2-3)cc1. The van der Waals surface area contributed by atoms with Gasteiger partial charge in [0.15, 0.2) is 5.76 Å². The lowest BCUT2D eigenvalue weighted by molar-refractivity contribution is -0.144. The average Bonchev–Trinajstić information content (AvgIpc) is 3.18. The summed E-state index contributed by atoms with van der Waals surface area (Å²) in [6.45, 7) is 2.06. The van der Waals surface area contributed by atoms with Crippen LogP contribution in [0.3, 0.4) is 0 Å². The zero-order valence-corrected chi connectivity index (χ0v) is 16.2. The molecule has 6 nitrogen and oxygen atoms in total. The second-order valence-electron chi connectivity index (χ2n) is 6.93. The lowest BCUT2D eigenvalue weighted by Crippen LogP contribution is -2.14. The van der Waals surface area contributed by atoms with E-state index in [1.807, 2.05) is 36.4 Å². The molecule has 6 heteroatoms. The standard InChI is InChI=1S/C23H22N2O4/c1-2-28-21(27)14-13-20(26)24-17-10-7-16(8-11-17)23-19-12-9-15-5-3-4-6-18(15)22(19)25-29-23/h3-8,10-11H,2,9,12-14H2,1H3,(H,24,26). The predicted octanol–water partition coefficient (Wildman–Crippen LogP) is 4.39. The largest absolute Gasteiger partial charge is 0.466 e. The Hall–Kier alpha value is -3.41. The second-order valence-corrected chi connectivity index (χ2v) is 6.93. The number of fused-ring (bicyclic) bond motifs is 3. The number of carbonyl (C=O) groups is 2. The van der Waals surface area contributed by atoms with E-state index in [1.165, 1.54) is 5.56 Å². The van der Waals surface area contributed by atoms with Crippen LogP contribution >= 0.6 is 0 Å². The first kappa shape index (κ1) is 18.9. The summed E-state index contributed by atoms with van der Waals surface area (Å²) in [5.41, 5.74) is 6.05. The van der Waals surface area contributed by atoms with Gasteiger partial charge in [-0.15, -0.1) is 0 Å². The third-order valence-corrected chi connectivity index (χ3v) is 5.00. The zero-order valence-electron chi connectivity index (χ0n) is 16.2. The van der Waals surface area contributed by atoms with Gasteiger partial charge in [-0.25, -0.2) is 0 Å². The van der Waals surface area contributed by atoms with Crippen LogP contribution in [0.15, 0.2) is 53.1 Å². The third-order valence-electron chi connectivity index (χ3n) is 5.00. The molecule has 0 saturated heterocycles. The van der Waals surface area contributed by atoms with Crippen LogP contribution in [0.4, 0.5) is 5.69 Å². The first-order valence-electron chi connectivity index (χ1n) is 9.78. The summed E-state index contributed by atoms with van der Waals surface area (Å²) in [6.07, 6.45) is 2.02. The van der Waals surface area contributed by atoms with Crippen LogP contribution in [0, 0.1) is 0 Å². The maximum absolute atomic E-state index is 12.0. The summed E-state index contributed by atoms with van der Waals surface area (Å²) in [7, 11) is 0. The van der Waals surface area contributed by atoms with Crippen molar-refractivity contribution in [2.24, 2.45) is 0 Å². The predicted molar refractivity (Wildman–Crippen MR) is 109 cm³/mol. The van der Waals surface area contributed by atoms with Crippen molar-refractivity contribution in [3.8, 4) is 22.6 Å². The molecule has 0 bridgehead atoms. The molecule has 0 saturated carbocycles. The minimum Gasteiger partial charge on any atom is -0.466 e. The molecular formula is C23H22N2O4. The van der Waals surface area contributed by atoms with Gasteiger partial charge < -0.3 is 14.6 Å². The lowest BCUT2D eigenvalue weighted by atomic mass is 9.88. The molecule has 3 aromatic rings. The minimum absolute atomic E-state index is 0.0728. The third kappa shape index (κ3) is 4.06. The number of nitrogens with zero attached hydrogens (tertiary/aromatic N) is 1. The van der Waals surface area contributed by atoms with Crippen LogP contribution in [-0.4, -0.2) is 23.6 Å². The number of aromatic nitrogens is 1. The number of rotatable bonds is 6. The number of aryl methyl sites for hydroxylation is 1. The molecule has 2 aromatic carbocycles. The number of hydrogen-bond donors (Lipinski definition) is 1. The first-order chi connectivity index (χ1) is 14.2. The number of nitrogens with one attached hydrogen (secondary N) is 1. The van der Waals surface area contributed by atoms with Gasteiger partial charge in [0.25, 0.3) is 0 Å². The summed E-state index contributed by atoms with van der Waals surface area (Å²) in [6, 6.07) is 15.7. The van der Waals surface area contributed by atoms with Gasteiger partial charge in [-0.3, -0.25) is 9.59 Å². The number of anilines is 1. The minimum atomic E-state index is -0.366. The quantitative estimate of drug-likeness (QED) is 0.631. The fourth-order valence-corrected chi connectivity index (χ4v) is 3.59. The molecule has 0 spiro atoms. The molecule has 1 heterocycles.